The van der Waals surface area contributed by atoms with E-state index in [1.807, 2.05) is 0 Å². The van der Waals surface area contributed by atoms with Crippen LogP contribution in [-0.2, 0) is 0 Å². The average molecular weight is 344 g/mol. The molecule has 0 saturated heterocycles. The van der Waals surface area contributed by atoms with Crippen molar-refractivity contribution >= 4 is 40.2 Å². The molecule has 0 aliphatic carbocycles. The Kier molecular flexibility index (Phi) is 4.21. The molecule has 0 bridgehead atoms. The predicted molar refractivity (Wildman–Crippen MR) is 75.7 cm³/mol. The molecule has 0 aliphatic heterocycles. The number of carbonyl (C=O) groups is 1. The summed E-state index contributed by atoms with van der Waals surface area (Å²) in [6.07, 6.45) is 0. The summed E-state index contributed by atoms with van der Waals surface area (Å²) in [5.74, 6) is -1.70. The number of nitrogens with one attached hydrogen (secondary N) is 1. The van der Waals surface area contributed by atoms with Gasteiger partial charge in [-0.05, 0) is 52.3 Å². The van der Waals surface area contributed by atoms with Gasteiger partial charge in [-0.15, -0.1) is 12.6 Å². The molecule has 0 aliphatic rings. The van der Waals surface area contributed by atoms with Gasteiger partial charge in [0.2, 0.25) is 0 Å². The Balaban J connectivity index is 2.25. The highest BCUT2D eigenvalue weighted by Crippen LogP contribution is 2.21. The van der Waals surface area contributed by atoms with Crippen molar-refractivity contribution in [3.63, 3.8) is 0 Å². The molecule has 19 heavy (non-hydrogen) atoms. The first kappa shape index (κ1) is 14.0. The Morgan fingerprint density at radius 2 is 1.79 bits per heavy atom. The van der Waals surface area contributed by atoms with E-state index >= 15 is 0 Å². The molecule has 0 fully saturated rings. The summed E-state index contributed by atoms with van der Waals surface area (Å²) in [7, 11) is 0. The molecule has 0 heterocycles. The van der Waals surface area contributed by atoms with Crippen molar-refractivity contribution in [2.45, 2.75) is 4.90 Å². The van der Waals surface area contributed by atoms with E-state index in [1.165, 1.54) is 30.3 Å². The summed E-state index contributed by atoms with van der Waals surface area (Å²) in [5, 5.41) is 2.48. The van der Waals surface area contributed by atoms with Crippen molar-refractivity contribution in [1.82, 2.24) is 0 Å². The van der Waals surface area contributed by atoms with Gasteiger partial charge in [0.05, 0.1) is 10.0 Å². The minimum absolute atomic E-state index is 0.118. The summed E-state index contributed by atoms with van der Waals surface area (Å²) in [6, 6.07) is 7.93. The molecule has 0 spiro atoms. The van der Waals surface area contributed by atoms with Gasteiger partial charge >= 0.3 is 0 Å². The Labute approximate surface area is 122 Å². The Hall–Kier alpha value is -1.40. The van der Waals surface area contributed by atoms with Crippen LogP contribution < -0.4 is 5.32 Å². The molecule has 0 saturated carbocycles. The van der Waals surface area contributed by atoms with Crippen molar-refractivity contribution in [3.05, 3.63) is 58.1 Å². The van der Waals surface area contributed by atoms with Crippen LogP contribution >= 0.6 is 28.6 Å². The first-order valence-electron chi connectivity index (χ1n) is 5.22. The molecule has 1 amide bonds. The monoisotopic (exact) mass is 343 g/mol. The molecule has 0 radical (unpaired) electrons. The third-order valence-corrected chi connectivity index (χ3v) is 3.26. The quantitative estimate of drug-likeness (QED) is 0.783. The van der Waals surface area contributed by atoms with Gasteiger partial charge in [-0.25, -0.2) is 8.78 Å². The van der Waals surface area contributed by atoms with E-state index in [0.29, 0.717) is 10.6 Å². The number of thiol groups is 1. The molecule has 0 atom stereocenters. The zero-order valence-electron chi connectivity index (χ0n) is 9.45. The largest absolute Gasteiger partial charge is 0.322 e. The van der Waals surface area contributed by atoms with E-state index in [1.54, 1.807) is 0 Å². The van der Waals surface area contributed by atoms with Crippen molar-refractivity contribution in [3.8, 4) is 0 Å². The zero-order valence-corrected chi connectivity index (χ0v) is 11.9. The van der Waals surface area contributed by atoms with Crippen LogP contribution in [0.5, 0.6) is 0 Å². The second-order valence-electron chi connectivity index (χ2n) is 3.75. The molecule has 6 heteroatoms. The third kappa shape index (κ3) is 3.33. The number of halogens is 3. The molecular weight excluding hydrogens is 336 g/mol. The molecule has 0 unspecified atom stereocenters. The van der Waals surface area contributed by atoms with E-state index in [4.69, 9.17) is 0 Å². The van der Waals surface area contributed by atoms with Gasteiger partial charge in [0, 0.05) is 10.6 Å². The predicted octanol–water partition coefficient (Wildman–Crippen LogP) is 4.27. The second-order valence-corrected chi connectivity index (χ2v) is 5.12. The standard InChI is InChI=1S/C13H8BrF2NOS/c14-10-5-7(1-3-12(10)16)17-13(18)9-6-8(19)2-4-11(9)15/h1-6,19H,(H,17,18). The van der Waals surface area contributed by atoms with Crippen molar-refractivity contribution in [2.24, 2.45) is 0 Å². The number of anilines is 1. The number of hydrogen-bond donors (Lipinski definition) is 2. The molecule has 1 N–H and O–H groups in total. The van der Waals surface area contributed by atoms with Crippen LogP contribution in [0.1, 0.15) is 10.4 Å². The summed E-state index contributed by atoms with van der Waals surface area (Å²) in [4.78, 5) is 12.4. The lowest BCUT2D eigenvalue weighted by molar-refractivity contribution is 0.102. The van der Waals surface area contributed by atoms with Gasteiger partial charge < -0.3 is 5.32 Å². The van der Waals surface area contributed by atoms with Crippen LogP contribution in [0.4, 0.5) is 14.5 Å². The molecule has 2 aromatic carbocycles. The van der Waals surface area contributed by atoms with Crippen molar-refractivity contribution in [2.75, 3.05) is 5.32 Å². The molecule has 0 aromatic heterocycles. The van der Waals surface area contributed by atoms with E-state index in [2.05, 4.69) is 33.9 Å². The number of rotatable bonds is 2. The smallest absolute Gasteiger partial charge is 0.258 e. The van der Waals surface area contributed by atoms with Gasteiger partial charge in [0.1, 0.15) is 11.6 Å². The summed E-state index contributed by atoms with van der Waals surface area (Å²) < 4.78 is 26.8. The van der Waals surface area contributed by atoms with Crippen molar-refractivity contribution < 1.29 is 13.6 Å². The maximum absolute atomic E-state index is 13.5. The fourth-order valence-corrected chi connectivity index (χ4v) is 2.04. The SMILES string of the molecule is O=C(Nc1ccc(F)c(Br)c1)c1cc(S)ccc1F. The first-order valence-corrected chi connectivity index (χ1v) is 6.46. The number of benzene rings is 2. The topological polar surface area (TPSA) is 29.1 Å². The Morgan fingerprint density at radius 1 is 1.11 bits per heavy atom. The third-order valence-electron chi connectivity index (χ3n) is 2.37. The van der Waals surface area contributed by atoms with Gasteiger partial charge in [0.25, 0.3) is 5.91 Å². The average Bonchev–Trinajstić information content (AvgIpc) is 2.36. The van der Waals surface area contributed by atoms with Gasteiger partial charge in [-0.1, -0.05) is 0 Å². The first-order chi connectivity index (χ1) is 8.97. The molecule has 2 aromatic rings. The number of carbonyl (C=O) groups excluding carboxylic acids is 1. The lowest BCUT2D eigenvalue weighted by Gasteiger charge is -2.07. The number of hydrogen-bond acceptors (Lipinski definition) is 2. The van der Waals surface area contributed by atoms with E-state index in [0.717, 1.165) is 6.07 Å². The second kappa shape index (κ2) is 5.71. The van der Waals surface area contributed by atoms with Crippen LogP contribution in [0.15, 0.2) is 45.8 Å². The highest BCUT2D eigenvalue weighted by Gasteiger charge is 2.12. The van der Waals surface area contributed by atoms with Gasteiger partial charge in [-0.3, -0.25) is 4.79 Å². The lowest BCUT2D eigenvalue weighted by atomic mass is 10.2. The minimum atomic E-state index is -0.642. The maximum atomic E-state index is 13.5. The fourth-order valence-electron chi connectivity index (χ4n) is 1.46. The van der Waals surface area contributed by atoms with Crippen molar-refractivity contribution in [1.29, 1.82) is 0 Å². The number of amides is 1. The highest BCUT2D eigenvalue weighted by atomic mass is 79.9. The summed E-state index contributed by atoms with van der Waals surface area (Å²) >= 11 is 7.05. The van der Waals surface area contributed by atoms with E-state index in [-0.39, 0.29) is 10.0 Å². The van der Waals surface area contributed by atoms with Crippen LogP contribution in [0.2, 0.25) is 0 Å². The van der Waals surface area contributed by atoms with Gasteiger partial charge in [0.15, 0.2) is 0 Å². The summed E-state index contributed by atoms with van der Waals surface area (Å²) in [6.45, 7) is 0. The highest BCUT2D eigenvalue weighted by molar-refractivity contribution is 9.10. The lowest BCUT2D eigenvalue weighted by Crippen LogP contribution is -2.13. The van der Waals surface area contributed by atoms with Crippen LogP contribution in [-0.4, -0.2) is 5.91 Å². The molecule has 2 nitrogen and oxygen atoms in total. The molecule has 98 valence electrons. The fraction of sp³-hybridized carbons (Fsp3) is 0. The van der Waals surface area contributed by atoms with E-state index < -0.39 is 17.5 Å². The Morgan fingerprint density at radius 3 is 2.47 bits per heavy atom. The summed E-state index contributed by atoms with van der Waals surface area (Å²) in [5.41, 5.74) is 0.246. The van der Waals surface area contributed by atoms with Crippen LogP contribution in [0.3, 0.4) is 0 Å². The van der Waals surface area contributed by atoms with E-state index in [9.17, 15) is 13.6 Å². The minimum Gasteiger partial charge on any atom is -0.322 e. The molecular formula is C13H8BrF2NOS. The Bertz CT molecular complexity index is 649. The van der Waals surface area contributed by atoms with Crippen LogP contribution in [0.25, 0.3) is 0 Å². The zero-order chi connectivity index (χ0) is 14.0. The normalized spacial score (nSPS) is 10.3. The maximum Gasteiger partial charge on any atom is 0.258 e. The van der Waals surface area contributed by atoms with Crippen LogP contribution in [0, 0.1) is 11.6 Å². The molecule has 2 rings (SSSR count). The van der Waals surface area contributed by atoms with Gasteiger partial charge in [-0.2, -0.15) is 0 Å².